The van der Waals surface area contributed by atoms with Gasteiger partial charge in [0.1, 0.15) is 0 Å². The number of aryl methyl sites for hydroxylation is 1. The summed E-state index contributed by atoms with van der Waals surface area (Å²) in [6, 6.07) is 10.8. The summed E-state index contributed by atoms with van der Waals surface area (Å²) in [5.74, 6) is -0.163. The van der Waals surface area contributed by atoms with Gasteiger partial charge in [-0.15, -0.1) is 0 Å². The third kappa shape index (κ3) is 3.37. The predicted octanol–water partition coefficient (Wildman–Crippen LogP) is 4.18. The summed E-state index contributed by atoms with van der Waals surface area (Å²) in [4.78, 5) is 24.0. The van der Waals surface area contributed by atoms with Gasteiger partial charge in [0.25, 0.3) is 5.91 Å². The van der Waals surface area contributed by atoms with Gasteiger partial charge in [0.2, 0.25) is 5.91 Å². The van der Waals surface area contributed by atoms with Gasteiger partial charge >= 0.3 is 0 Å². The van der Waals surface area contributed by atoms with Crippen molar-refractivity contribution in [3.8, 4) is 0 Å². The van der Waals surface area contributed by atoms with Crippen LogP contribution in [0.3, 0.4) is 0 Å². The number of fused-ring (bicyclic) bond motifs is 1. The van der Waals surface area contributed by atoms with Crippen molar-refractivity contribution >= 4 is 34.8 Å². The van der Waals surface area contributed by atoms with Crippen molar-refractivity contribution in [1.29, 1.82) is 0 Å². The quantitative estimate of drug-likeness (QED) is 0.869. The van der Waals surface area contributed by atoms with E-state index < -0.39 is 0 Å². The second kappa shape index (κ2) is 6.42. The van der Waals surface area contributed by atoms with Crippen molar-refractivity contribution in [1.82, 2.24) is 0 Å². The van der Waals surface area contributed by atoms with Crippen molar-refractivity contribution in [2.45, 2.75) is 26.2 Å². The van der Waals surface area contributed by atoms with Crippen molar-refractivity contribution in [3.05, 3.63) is 58.1 Å². The summed E-state index contributed by atoms with van der Waals surface area (Å²) in [6.45, 7) is 1.87. The van der Waals surface area contributed by atoms with Crippen LogP contribution in [0.4, 0.5) is 11.4 Å². The Kier molecular flexibility index (Phi) is 4.35. The number of hydrogen-bond donors (Lipinski definition) is 2. The zero-order valence-corrected chi connectivity index (χ0v) is 13.5. The molecule has 3 rings (SSSR count). The Bertz CT molecular complexity index is 787. The average molecular weight is 329 g/mol. The van der Waals surface area contributed by atoms with E-state index in [1.165, 1.54) is 0 Å². The molecule has 1 aliphatic rings. The molecule has 118 valence electrons. The number of halogens is 1. The van der Waals surface area contributed by atoms with Gasteiger partial charge in [-0.05, 0) is 61.2 Å². The number of amides is 2. The van der Waals surface area contributed by atoms with Crippen LogP contribution < -0.4 is 10.6 Å². The van der Waals surface area contributed by atoms with Crippen molar-refractivity contribution in [3.63, 3.8) is 0 Å². The minimum atomic E-state index is -0.186. The normalized spacial score (nSPS) is 13.7. The summed E-state index contributed by atoms with van der Waals surface area (Å²) in [6.07, 6.45) is 2.08. The molecule has 0 aliphatic carbocycles. The van der Waals surface area contributed by atoms with Gasteiger partial charge < -0.3 is 10.6 Å². The van der Waals surface area contributed by atoms with E-state index in [1.54, 1.807) is 24.3 Å². The lowest BCUT2D eigenvalue weighted by Crippen LogP contribution is -2.14. The lowest BCUT2D eigenvalue weighted by atomic mass is 10.0. The standard InChI is InChI=1S/C18H17ClN2O2/c1-11-14(19)5-3-6-15(11)21-18(23)13-8-9-16-12(10-13)4-2-7-17(22)20-16/h3,5-6,8-10H,2,4,7H2,1H3,(H,20,22)(H,21,23). The highest BCUT2D eigenvalue weighted by Gasteiger charge is 2.15. The molecular weight excluding hydrogens is 312 g/mol. The molecule has 5 heteroatoms. The van der Waals surface area contributed by atoms with E-state index in [0.29, 0.717) is 22.7 Å². The molecule has 2 aromatic carbocycles. The largest absolute Gasteiger partial charge is 0.326 e. The zero-order chi connectivity index (χ0) is 16.4. The summed E-state index contributed by atoms with van der Waals surface area (Å²) < 4.78 is 0. The number of carbonyl (C=O) groups is 2. The van der Waals surface area contributed by atoms with Crippen LogP contribution in [0.5, 0.6) is 0 Å². The number of hydrogen-bond acceptors (Lipinski definition) is 2. The predicted molar refractivity (Wildman–Crippen MR) is 92.2 cm³/mol. The number of anilines is 2. The summed E-state index contributed by atoms with van der Waals surface area (Å²) >= 11 is 6.08. The van der Waals surface area contributed by atoms with E-state index in [2.05, 4.69) is 10.6 Å². The maximum atomic E-state index is 12.5. The number of benzene rings is 2. The van der Waals surface area contributed by atoms with Crippen LogP contribution >= 0.6 is 11.6 Å². The Morgan fingerprint density at radius 3 is 2.87 bits per heavy atom. The number of rotatable bonds is 2. The minimum Gasteiger partial charge on any atom is -0.326 e. The lowest BCUT2D eigenvalue weighted by molar-refractivity contribution is -0.116. The molecule has 2 aromatic rings. The fourth-order valence-corrected chi connectivity index (χ4v) is 2.83. The average Bonchev–Trinajstić information content (AvgIpc) is 2.71. The fourth-order valence-electron chi connectivity index (χ4n) is 2.65. The molecule has 1 heterocycles. The first-order valence-corrected chi connectivity index (χ1v) is 7.91. The van der Waals surface area contributed by atoms with Crippen LogP contribution in [0, 0.1) is 6.92 Å². The van der Waals surface area contributed by atoms with Crippen LogP contribution in [0.1, 0.15) is 34.3 Å². The maximum absolute atomic E-state index is 12.5. The molecule has 0 aromatic heterocycles. The number of nitrogens with one attached hydrogen (secondary N) is 2. The molecule has 0 bridgehead atoms. The molecule has 0 saturated heterocycles. The Morgan fingerprint density at radius 2 is 2.04 bits per heavy atom. The molecule has 23 heavy (non-hydrogen) atoms. The molecule has 2 N–H and O–H groups in total. The molecule has 1 aliphatic heterocycles. The molecule has 0 radical (unpaired) electrons. The fraction of sp³-hybridized carbons (Fsp3) is 0.222. The van der Waals surface area contributed by atoms with E-state index in [9.17, 15) is 9.59 Å². The Labute approximate surface area is 139 Å². The van der Waals surface area contributed by atoms with Gasteiger partial charge in [-0.3, -0.25) is 9.59 Å². The maximum Gasteiger partial charge on any atom is 0.255 e. The third-order valence-electron chi connectivity index (χ3n) is 4.01. The molecule has 0 fully saturated rings. The van der Waals surface area contributed by atoms with Gasteiger partial charge in [-0.25, -0.2) is 0 Å². The van der Waals surface area contributed by atoms with Crippen molar-refractivity contribution in [2.24, 2.45) is 0 Å². The van der Waals surface area contributed by atoms with Crippen LogP contribution in [-0.4, -0.2) is 11.8 Å². The second-order valence-corrected chi connectivity index (χ2v) is 6.05. The van der Waals surface area contributed by atoms with Crippen LogP contribution in [0.25, 0.3) is 0 Å². The highest BCUT2D eigenvalue weighted by molar-refractivity contribution is 6.31. The second-order valence-electron chi connectivity index (χ2n) is 5.64. The SMILES string of the molecule is Cc1c(Cl)cccc1NC(=O)c1ccc2c(c1)CCCC(=O)N2. The van der Waals surface area contributed by atoms with E-state index >= 15 is 0 Å². The topological polar surface area (TPSA) is 58.2 Å². The monoisotopic (exact) mass is 328 g/mol. The smallest absolute Gasteiger partial charge is 0.255 e. The van der Waals surface area contributed by atoms with Crippen LogP contribution in [0.2, 0.25) is 5.02 Å². The Morgan fingerprint density at radius 1 is 1.22 bits per heavy atom. The molecule has 4 nitrogen and oxygen atoms in total. The highest BCUT2D eigenvalue weighted by Crippen LogP contribution is 2.26. The Hall–Kier alpha value is -2.33. The van der Waals surface area contributed by atoms with E-state index in [-0.39, 0.29) is 11.8 Å². The first-order chi connectivity index (χ1) is 11.0. The minimum absolute atomic E-state index is 0.0236. The van der Waals surface area contributed by atoms with Gasteiger partial charge in [-0.1, -0.05) is 17.7 Å². The lowest BCUT2D eigenvalue weighted by Gasteiger charge is -2.12. The van der Waals surface area contributed by atoms with E-state index in [1.807, 2.05) is 19.1 Å². The summed E-state index contributed by atoms with van der Waals surface area (Å²) in [5.41, 5.74) is 3.89. The molecule has 0 saturated carbocycles. The molecular formula is C18H17ClN2O2. The van der Waals surface area contributed by atoms with Gasteiger partial charge in [-0.2, -0.15) is 0 Å². The molecule has 0 atom stereocenters. The first-order valence-electron chi connectivity index (χ1n) is 7.54. The van der Waals surface area contributed by atoms with Crippen LogP contribution in [0.15, 0.2) is 36.4 Å². The van der Waals surface area contributed by atoms with Gasteiger partial charge in [0.05, 0.1) is 0 Å². The highest BCUT2D eigenvalue weighted by atomic mass is 35.5. The van der Waals surface area contributed by atoms with E-state index in [0.717, 1.165) is 29.7 Å². The summed E-state index contributed by atoms with van der Waals surface area (Å²) in [5, 5.41) is 6.37. The molecule has 2 amide bonds. The molecule has 0 unspecified atom stereocenters. The van der Waals surface area contributed by atoms with Gasteiger partial charge in [0, 0.05) is 28.4 Å². The Balaban J connectivity index is 1.84. The van der Waals surface area contributed by atoms with Crippen molar-refractivity contribution in [2.75, 3.05) is 10.6 Å². The van der Waals surface area contributed by atoms with E-state index in [4.69, 9.17) is 11.6 Å². The number of carbonyl (C=O) groups excluding carboxylic acids is 2. The van der Waals surface area contributed by atoms with Crippen LogP contribution in [-0.2, 0) is 11.2 Å². The molecule has 0 spiro atoms. The summed E-state index contributed by atoms with van der Waals surface area (Å²) in [7, 11) is 0. The third-order valence-corrected chi connectivity index (χ3v) is 4.42. The van der Waals surface area contributed by atoms with Crippen molar-refractivity contribution < 1.29 is 9.59 Å². The first kappa shape index (κ1) is 15.6. The zero-order valence-electron chi connectivity index (χ0n) is 12.8. The van der Waals surface area contributed by atoms with Gasteiger partial charge in [0.15, 0.2) is 0 Å².